The molecule has 0 spiro atoms. The second kappa shape index (κ2) is 11.1. The summed E-state index contributed by atoms with van der Waals surface area (Å²) in [6.45, 7) is 7.66. The second-order valence-electron chi connectivity index (χ2n) is 8.02. The molecule has 2 amide bonds. The van der Waals surface area contributed by atoms with Crippen molar-refractivity contribution in [1.29, 1.82) is 0 Å². The highest BCUT2D eigenvalue weighted by atomic mass is 16.5. The first-order valence-electron chi connectivity index (χ1n) is 10.2. The number of hydrogen-bond donors (Lipinski definition) is 2. The van der Waals surface area contributed by atoms with Crippen molar-refractivity contribution in [3.63, 3.8) is 0 Å². The van der Waals surface area contributed by atoms with Gasteiger partial charge in [-0.2, -0.15) is 0 Å². The van der Waals surface area contributed by atoms with Crippen LogP contribution in [0.2, 0.25) is 0 Å². The lowest BCUT2D eigenvalue weighted by Gasteiger charge is -2.20. The molecule has 2 rings (SSSR count). The summed E-state index contributed by atoms with van der Waals surface area (Å²) in [6.07, 6.45) is 4.45. The molecule has 0 radical (unpaired) electrons. The molecular formula is C24H29N3O5. The SMILES string of the molecule is CCOC(=O)/C=C/c1ccc(OC)c(CC(=O)Nc2ccnc(C(=O)NC(C)(C)C)c2)c1. The number of rotatable bonds is 8. The minimum absolute atomic E-state index is 0.0378. The smallest absolute Gasteiger partial charge is 0.330 e. The van der Waals surface area contributed by atoms with Crippen molar-refractivity contribution >= 4 is 29.5 Å². The van der Waals surface area contributed by atoms with Crippen LogP contribution in [-0.2, 0) is 20.7 Å². The van der Waals surface area contributed by atoms with Gasteiger partial charge in [-0.25, -0.2) is 4.79 Å². The Balaban J connectivity index is 2.12. The number of aromatic nitrogens is 1. The van der Waals surface area contributed by atoms with E-state index in [0.29, 0.717) is 23.6 Å². The summed E-state index contributed by atoms with van der Waals surface area (Å²) >= 11 is 0. The van der Waals surface area contributed by atoms with Crippen LogP contribution in [0.3, 0.4) is 0 Å². The van der Waals surface area contributed by atoms with Gasteiger partial charge in [0.05, 0.1) is 20.1 Å². The number of ether oxygens (including phenoxy) is 2. The van der Waals surface area contributed by atoms with Crippen molar-refractivity contribution in [2.24, 2.45) is 0 Å². The molecule has 0 unspecified atom stereocenters. The molecule has 8 nitrogen and oxygen atoms in total. The van der Waals surface area contributed by atoms with E-state index in [0.717, 1.165) is 5.56 Å². The van der Waals surface area contributed by atoms with Crippen LogP contribution in [-0.4, -0.2) is 42.0 Å². The first-order valence-corrected chi connectivity index (χ1v) is 10.2. The number of amides is 2. The third kappa shape index (κ3) is 7.86. The Morgan fingerprint density at radius 3 is 2.53 bits per heavy atom. The molecule has 0 atom stereocenters. The van der Waals surface area contributed by atoms with Crippen molar-refractivity contribution in [1.82, 2.24) is 10.3 Å². The van der Waals surface area contributed by atoms with E-state index in [1.165, 1.54) is 25.4 Å². The molecule has 32 heavy (non-hydrogen) atoms. The Bertz CT molecular complexity index is 1010. The normalized spacial score (nSPS) is 11.2. The Morgan fingerprint density at radius 2 is 1.88 bits per heavy atom. The molecule has 0 fully saturated rings. The highest BCUT2D eigenvalue weighted by molar-refractivity contribution is 5.96. The molecule has 1 aromatic heterocycles. The highest BCUT2D eigenvalue weighted by Crippen LogP contribution is 2.22. The van der Waals surface area contributed by atoms with Gasteiger partial charge in [0.15, 0.2) is 0 Å². The topological polar surface area (TPSA) is 107 Å². The average molecular weight is 440 g/mol. The number of pyridine rings is 1. The first kappa shape index (κ1) is 24.6. The molecule has 2 aromatic rings. The monoisotopic (exact) mass is 439 g/mol. The fourth-order valence-electron chi connectivity index (χ4n) is 2.81. The summed E-state index contributed by atoms with van der Waals surface area (Å²) < 4.78 is 10.2. The molecule has 0 bridgehead atoms. The van der Waals surface area contributed by atoms with Gasteiger partial charge in [-0.05, 0) is 63.6 Å². The van der Waals surface area contributed by atoms with Gasteiger partial charge in [-0.3, -0.25) is 14.6 Å². The number of benzene rings is 1. The zero-order valence-electron chi connectivity index (χ0n) is 19.0. The van der Waals surface area contributed by atoms with Gasteiger partial charge in [0.25, 0.3) is 5.91 Å². The first-order chi connectivity index (χ1) is 15.1. The number of methoxy groups -OCH3 is 1. The molecular weight excluding hydrogens is 410 g/mol. The van der Waals surface area contributed by atoms with E-state index in [1.54, 1.807) is 37.3 Å². The molecule has 2 N–H and O–H groups in total. The zero-order valence-corrected chi connectivity index (χ0v) is 19.0. The van der Waals surface area contributed by atoms with Crippen LogP contribution in [0.15, 0.2) is 42.6 Å². The van der Waals surface area contributed by atoms with Crippen LogP contribution < -0.4 is 15.4 Å². The van der Waals surface area contributed by atoms with Crippen LogP contribution in [0.1, 0.15) is 49.3 Å². The number of hydrogen-bond acceptors (Lipinski definition) is 6. The Morgan fingerprint density at radius 1 is 1.12 bits per heavy atom. The van der Waals surface area contributed by atoms with E-state index >= 15 is 0 Å². The van der Waals surface area contributed by atoms with E-state index in [4.69, 9.17) is 9.47 Å². The van der Waals surface area contributed by atoms with E-state index in [-0.39, 0.29) is 23.9 Å². The fraction of sp³-hybridized carbons (Fsp3) is 0.333. The maximum atomic E-state index is 12.6. The minimum atomic E-state index is -0.438. The van der Waals surface area contributed by atoms with Gasteiger partial charge in [0, 0.05) is 29.1 Å². The number of carbonyl (C=O) groups is 3. The largest absolute Gasteiger partial charge is 0.496 e. The van der Waals surface area contributed by atoms with Crippen LogP contribution in [0, 0.1) is 0 Å². The summed E-state index contributed by atoms with van der Waals surface area (Å²) in [6, 6.07) is 8.41. The predicted octanol–water partition coefficient (Wildman–Crippen LogP) is 3.38. The molecule has 170 valence electrons. The maximum absolute atomic E-state index is 12.6. The minimum Gasteiger partial charge on any atom is -0.496 e. The van der Waals surface area contributed by atoms with E-state index < -0.39 is 11.5 Å². The quantitative estimate of drug-likeness (QED) is 0.482. The van der Waals surface area contributed by atoms with E-state index in [9.17, 15) is 14.4 Å². The van der Waals surface area contributed by atoms with Crippen molar-refractivity contribution in [3.8, 4) is 5.75 Å². The van der Waals surface area contributed by atoms with Crippen LogP contribution >= 0.6 is 0 Å². The Kier molecular flexibility index (Phi) is 8.52. The van der Waals surface area contributed by atoms with Crippen molar-refractivity contribution < 1.29 is 23.9 Å². The third-order valence-corrected chi connectivity index (χ3v) is 4.12. The third-order valence-electron chi connectivity index (χ3n) is 4.12. The molecule has 0 aliphatic heterocycles. The number of carbonyl (C=O) groups excluding carboxylic acids is 3. The molecule has 0 aliphatic carbocycles. The van der Waals surface area contributed by atoms with Crippen molar-refractivity contribution in [3.05, 3.63) is 59.4 Å². The standard InChI is InChI=1S/C24H29N3O5/c1-6-32-22(29)10-8-16-7-9-20(31-5)17(13-16)14-21(28)26-18-11-12-25-19(15-18)23(30)27-24(2,3)4/h7-13,15H,6,14H2,1-5H3,(H,27,30)(H,25,26,28)/b10-8+. The highest BCUT2D eigenvalue weighted by Gasteiger charge is 2.17. The maximum Gasteiger partial charge on any atom is 0.330 e. The van der Waals surface area contributed by atoms with E-state index in [2.05, 4.69) is 15.6 Å². The molecule has 8 heteroatoms. The van der Waals surface area contributed by atoms with Crippen molar-refractivity contribution in [2.45, 2.75) is 39.7 Å². The summed E-state index contributed by atoms with van der Waals surface area (Å²) in [5.74, 6) is -0.500. The summed E-state index contributed by atoms with van der Waals surface area (Å²) in [5, 5.41) is 5.61. The van der Waals surface area contributed by atoms with Gasteiger partial charge in [0.1, 0.15) is 11.4 Å². The van der Waals surface area contributed by atoms with Gasteiger partial charge in [-0.1, -0.05) is 6.07 Å². The van der Waals surface area contributed by atoms with Gasteiger partial charge < -0.3 is 20.1 Å². The second-order valence-corrected chi connectivity index (χ2v) is 8.02. The molecule has 0 saturated carbocycles. The lowest BCUT2D eigenvalue weighted by Crippen LogP contribution is -2.40. The number of esters is 1. The van der Waals surface area contributed by atoms with E-state index in [1.807, 2.05) is 20.8 Å². The molecule has 0 aliphatic rings. The Hall–Kier alpha value is -3.68. The summed E-state index contributed by atoms with van der Waals surface area (Å²) in [7, 11) is 1.52. The number of nitrogens with zero attached hydrogens (tertiary/aromatic N) is 1. The predicted molar refractivity (Wildman–Crippen MR) is 122 cm³/mol. The van der Waals surface area contributed by atoms with Gasteiger partial charge >= 0.3 is 5.97 Å². The summed E-state index contributed by atoms with van der Waals surface area (Å²) in [5.41, 5.74) is 1.65. The molecule has 1 heterocycles. The van der Waals surface area contributed by atoms with Crippen molar-refractivity contribution in [2.75, 3.05) is 19.0 Å². The van der Waals surface area contributed by atoms with Crippen LogP contribution in [0.5, 0.6) is 5.75 Å². The fourth-order valence-corrected chi connectivity index (χ4v) is 2.81. The Labute approximate surface area is 188 Å². The molecule has 0 saturated heterocycles. The van der Waals surface area contributed by atoms with Crippen LogP contribution in [0.25, 0.3) is 6.08 Å². The lowest BCUT2D eigenvalue weighted by atomic mass is 10.1. The zero-order chi connectivity index (χ0) is 23.7. The average Bonchev–Trinajstić information content (AvgIpc) is 2.71. The van der Waals surface area contributed by atoms with Gasteiger partial charge in [0.2, 0.25) is 5.91 Å². The lowest BCUT2D eigenvalue weighted by molar-refractivity contribution is -0.137. The van der Waals surface area contributed by atoms with Gasteiger partial charge in [-0.15, -0.1) is 0 Å². The molecule has 1 aromatic carbocycles. The number of nitrogens with one attached hydrogen (secondary N) is 2. The summed E-state index contributed by atoms with van der Waals surface area (Å²) in [4.78, 5) is 40.6. The number of anilines is 1. The van der Waals surface area contributed by atoms with Crippen LogP contribution in [0.4, 0.5) is 5.69 Å².